The summed E-state index contributed by atoms with van der Waals surface area (Å²) in [6.45, 7) is 2.54. The van der Waals surface area contributed by atoms with Crippen LogP contribution >= 0.6 is 0 Å². The van der Waals surface area contributed by atoms with Crippen LogP contribution in [0.25, 0.3) is 0 Å². The van der Waals surface area contributed by atoms with E-state index in [0.717, 1.165) is 16.9 Å². The van der Waals surface area contributed by atoms with Gasteiger partial charge >= 0.3 is 0 Å². The number of H-pyrrole nitrogens is 1. The highest BCUT2D eigenvalue weighted by Crippen LogP contribution is 2.21. The fourth-order valence-corrected chi connectivity index (χ4v) is 1.88. The molecule has 0 atom stereocenters. The number of hydrogen-bond donors (Lipinski definition) is 3. The molecule has 6 heteroatoms. The fourth-order valence-electron chi connectivity index (χ4n) is 1.88. The number of amides is 1. The first-order chi connectivity index (χ1) is 9.49. The minimum atomic E-state index is -0.0589. The van der Waals surface area contributed by atoms with Gasteiger partial charge in [-0.2, -0.15) is 5.10 Å². The minimum Gasteiger partial charge on any atom is -0.399 e. The third kappa shape index (κ3) is 2.90. The molecular formula is C14H19N5O. The Kier molecular flexibility index (Phi) is 3.93. The van der Waals surface area contributed by atoms with Crippen LogP contribution in [0.1, 0.15) is 21.6 Å². The van der Waals surface area contributed by atoms with Gasteiger partial charge in [-0.25, -0.2) is 0 Å². The predicted octanol–water partition coefficient (Wildman–Crippen LogP) is 1.61. The Morgan fingerprint density at radius 2 is 2.20 bits per heavy atom. The van der Waals surface area contributed by atoms with E-state index in [0.29, 0.717) is 17.8 Å². The van der Waals surface area contributed by atoms with Crippen LogP contribution in [-0.2, 0) is 6.54 Å². The third-order valence-corrected chi connectivity index (χ3v) is 3.08. The number of aromatic amines is 1. The zero-order chi connectivity index (χ0) is 14.7. The maximum atomic E-state index is 12.1. The fraction of sp³-hybridized carbons (Fsp3) is 0.286. The molecule has 1 aromatic carbocycles. The van der Waals surface area contributed by atoms with E-state index < -0.39 is 0 Å². The van der Waals surface area contributed by atoms with Crippen molar-refractivity contribution in [3.05, 3.63) is 41.2 Å². The molecule has 0 aliphatic carbocycles. The molecule has 1 aromatic heterocycles. The lowest BCUT2D eigenvalue weighted by molar-refractivity contribution is 0.0828. The number of nitrogens with zero attached hydrogens (tertiary/aromatic N) is 2. The summed E-state index contributed by atoms with van der Waals surface area (Å²) in [4.78, 5) is 13.7. The van der Waals surface area contributed by atoms with Gasteiger partial charge in [-0.1, -0.05) is 0 Å². The zero-order valence-corrected chi connectivity index (χ0v) is 11.9. The van der Waals surface area contributed by atoms with E-state index in [4.69, 9.17) is 5.73 Å². The standard InChI is InChI=1S/C14H19N5O/c1-9-10(8-17-18-9)7-16-13-6-11(15)4-5-12(13)14(20)19(2)3/h4-6,8,16H,7,15H2,1-3H3,(H,17,18). The SMILES string of the molecule is Cc1[nH]ncc1CNc1cc(N)ccc1C(=O)N(C)C. The van der Waals surface area contributed by atoms with Crippen LogP contribution in [0.15, 0.2) is 24.4 Å². The third-order valence-electron chi connectivity index (χ3n) is 3.08. The Labute approximate surface area is 118 Å². The molecule has 2 rings (SSSR count). The second-order valence-corrected chi connectivity index (χ2v) is 4.88. The lowest BCUT2D eigenvalue weighted by atomic mass is 10.1. The van der Waals surface area contributed by atoms with Crippen LogP contribution in [0.5, 0.6) is 0 Å². The van der Waals surface area contributed by atoms with Crippen molar-refractivity contribution in [3.8, 4) is 0 Å². The molecule has 0 saturated carbocycles. The van der Waals surface area contributed by atoms with Gasteiger partial charge in [0.25, 0.3) is 5.91 Å². The highest BCUT2D eigenvalue weighted by Gasteiger charge is 2.13. The van der Waals surface area contributed by atoms with E-state index in [-0.39, 0.29) is 5.91 Å². The number of nitrogens with one attached hydrogen (secondary N) is 2. The number of nitrogens with two attached hydrogens (primary N) is 1. The van der Waals surface area contributed by atoms with Gasteiger partial charge in [-0.3, -0.25) is 9.89 Å². The minimum absolute atomic E-state index is 0.0589. The number of rotatable bonds is 4. The number of nitrogen functional groups attached to an aromatic ring is 1. The molecule has 106 valence electrons. The molecule has 20 heavy (non-hydrogen) atoms. The lowest BCUT2D eigenvalue weighted by Gasteiger charge is -2.16. The van der Waals surface area contributed by atoms with Gasteiger partial charge in [-0.05, 0) is 25.1 Å². The quantitative estimate of drug-likeness (QED) is 0.739. The van der Waals surface area contributed by atoms with Crippen molar-refractivity contribution in [2.24, 2.45) is 0 Å². The van der Waals surface area contributed by atoms with Crippen LogP contribution in [-0.4, -0.2) is 35.1 Å². The normalized spacial score (nSPS) is 10.3. The summed E-state index contributed by atoms with van der Waals surface area (Å²) in [5, 5.41) is 10.1. The average molecular weight is 273 g/mol. The molecule has 0 aliphatic rings. The molecule has 2 aromatic rings. The topological polar surface area (TPSA) is 87.0 Å². The van der Waals surface area contributed by atoms with Crippen molar-refractivity contribution >= 4 is 17.3 Å². The number of carbonyl (C=O) groups is 1. The Bertz CT molecular complexity index is 618. The molecule has 0 unspecified atom stereocenters. The lowest BCUT2D eigenvalue weighted by Crippen LogP contribution is -2.23. The van der Waals surface area contributed by atoms with E-state index in [9.17, 15) is 4.79 Å². The molecule has 0 radical (unpaired) electrons. The van der Waals surface area contributed by atoms with Crippen molar-refractivity contribution < 1.29 is 4.79 Å². The molecule has 4 N–H and O–H groups in total. The van der Waals surface area contributed by atoms with Crippen LogP contribution in [0.2, 0.25) is 0 Å². The van der Waals surface area contributed by atoms with E-state index >= 15 is 0 Å². The average Bonchev–Trinajstić information content (AvgIpc) is 2.81. The van der Waals surface area contributed by atoms with Gasteiger partial charge in [0.05, 0.1) is 11.8 Å². The summed E-state index contributed by atoms with van der Waals surface area (Å²) >= 11 is 0. The number of benzene rings is 1. The van der Waals surface area contributed by atoms with Gasteiger partial charge in [0.1, 0.15) is 0 Å². The van der Waals surface area contributed by atoms with Crippen LogP contribution < -0.4 is 11.1 Å². The van der Waals surface area contributed by atoms with Crippen molar-refractivity contribution in [1.29, 1.82) is 0 Å². The van der Waals surface area contributed by atoms with Crippen molar-refractivity contribution in [1.82, 2.24) is 15.1 Å². The predicted molar refractivity (Wildman–Crippen MR) is 79.5 cm³/mol. The zero-order valence-electron chi connectivity index (χ0n) is 11.9. The molecule has 0 saturated heterocycles. The first-order valence-corrected chi connectivity index (χ1v) is 6.33. The summed E-state index contributed by atoms with van der Waals surface area (Å²) < 4.78 is 0. The summed E-state index contributed by atoms with van der Waals surface area (Å²) in [6.07, 6.45) is 1.77. The van der Waals surface area contributed by atoms with Crippen molar-refractivity contribution in [2.45, 2.75) is 13.5 Å². The molecule has 0 bridgehead atoms. The van der Waals surface area contributed by atoms with E-state index in [1.165, 1.54) is 0 Å². The number of carbonyl (C=O) groups excluding carboxylic acids is 1. The monoisotopic (exact) mass is 273 g/mol. The smallest absolute Gasteiger partial charge is 0.255 e. The van der Waals surface area contributed by atoms with E-state index in [1.807, 2.05) is 6.92 Å². The van der Waals surface area contributed by atoms with Gasteiger partial charge in [-0.15, -0.1) is 0 Å². The second kappa shape index (κ2) is 5.64. The molecule has 0 aliphatic heterocycles. The molecule has 1 heterocycles. The molecule has 6 nitrogen and oxygen atoms in total. The van der Waals surface area contributed by atoms with Crippen LogP contribution in [0.3, 0.4) is 0 Å². The summed E-state index contributed by atoms with van der Waals surface area (Å²) in [7, 11) is 3.45. The highest BCUT2D eigenvalue weighted by molar-refractivity contribution is 5.99. The molecule has 0 spiro atoms. The van der Waals surface area contributed by atoms with Gasteiger partial charge < -0.3 is 16.0 Å². The largest absolute Gasteiger partial charge is 0.399 e. The number of anilines is 2. The Morgan fingerprint density at radius 1 is 1.45 bits per heavy atom. The summed E-state index contributed by atoms with van der Waals surface area (Å²) in [5.74, 6) is -0.0589. The number of aromatic nitrogens is 2. The Morgan fingerprint density at radius 3 is 2.80 bits per heavy atom. The Hall–Kier alpha value is -2.50. The highest BCUT2D eigenvalue weighted by atomic mass is 16.2. The van der Waals surface area contributed by atoms with Crippen molar-refractivity contribution in [3.63, 3.8) is 0 Å². The van der Waals surface area contributed by atoms with E-state index in [2.05, 4.69) is 15.5 Å². The van der Waals surface area contributed by atoms with Gasteiger partial charge in [0.2, 0.25) is 0 Å². The van der Waals surface area contributed by atoms with Crippen molar-refractivity contribution in [2.75, 3.05) is 25.1 Å². The molecule has 0 fully saturated rings. The van der Waals surface area contributed by atoms with Gasteiger partial charge in [0.15, 0.2) is 0 Å². The summed E-state index contributed by atoms with van der Waals surface area (Å²) in [6, 6.07) is 5.24. The van der Waals surface area contributed by atoms with Crippen LogP contribution in [0.4, 0.5) is 11.4 Å². The second-order valence-electron chi connectivity index (χ2n) is 4.88. The number of aryl methyl sites for hydroxylation is 1. The molecule has 1 amide bonds. The summed E-state index contributed by atoms with van der Waals surface area (Å²) in [5.41, 5.74) is 9.80. The maximum Gasteiger partial charge on any atom is 0.255 e. The first-order valence-electron chi connectivity index (χ1n) is 6.33. The maximum absolute atomic E-state index is 12.1. The molecular weight excluding hydrogens is 254 g/mol. The van der Waals surface area contributed by atoms with E-state index in [1.54, 1.807) is 43.4 Å². The van der Waals surface area contributed by atoms with Gasteiger partial charge in [0, 0.05) is 43.3 Å². The Balaban J connectivity index is 2.24. The first kappa shape index (κ1) is 13.9. The number of hydrogen-bond acceptors (Lipinski definition) is 4. The van der Waals surface area contributed by atoms with Crippen LogP contribution in [0, 0.1) is 6.92 Å².